The highest BCUT2D eigenvalue weighted by Gasteiger charge is 2.71. The molecule has 1 N–H and O–H groups in total. The summed E-state index contributed by atoms with van der Waals surface area (Å²) in [5.74, 6) is 2.26. The van der Waals surface area contributed by atoms with Crippen LogP contribution in [-0.4, -0.2) is 248 Å². The molecule has 0 aromatic carbocycles. The maximum atomic E-state index is 12.5. The van der Waals surface area contributed by atoms with Crippen LogP contribution in [0.15, 0.2) is 48.6 Å². The zero-order valence-electron chi connectivity index (χ0n) is 79.0. The molecule has 17 fully saturated rings. The Hall–Kier alpha value is -0.0362. The number of aliphatic hydroxyl groups is 1. The van der Waals surface area contributed by atoms with E-state index in [1.807, 2.05) is 13.8 Å². The van der Waals surface area contributed by atoms with Gasteiger partial charge in [-0.1, -0.05) is 179 Å². The van der Waals surface area contributed by atoms with Gasteiger partial charge >= 0.3 is 0 Å². The van der Waals surface area contributed by atoms with Crippen LogP contribution < -0.4 is 0 Å². The number of fused-ring (bicyclic) bond motifs is 2. The van der Waals surface area contributed by atoms with Gasteiger partial charge in [-0.15, -0.1) is 11.6 Å². The summed E-state index contributed by atoms with van der Waals surface area (Å²) in [6, 6.07) is 0. The van der Waals surface area contributed by atoms with E-state index in [4.69, 9.17) is 91.5 Å². The number of thioether (sulfide) groups is 2. The Bertz CT molecular complexity index is 3670. The van der Waals surface area contributed by atoms with Crippen molar-refractivity contribution in [2.45, 2.75) is 494 Å². The molecule has 9 unspecified atom stereocenters. The Morgan fingerprint density at radius 1 is 0.512 bits per heavy atom. The van der Waals surface area contributed by atoms with Crippen LogP contribution in [-0.2, 0) is 89.5 Å². The first-order valence-electron chi connectivity index (χ1n) is 48.9. The van der Waals surface area contributed by atoms with Crippen molar-refractivity contribution in [3.05, 3.63) is 48.6 Å². The lowest BCUT2D eigenvalue weighted by Crippen LogP contribution is -2.61. The van der Waals surface area contributed by atoms with Gasteiger partial charge in [0.1, 0.15) is 61.0 Å². The van der Waals surface area contributed by atoms with Crippen LogP contribution in [0.5, 0.6) is 0 Å². The maximum Gasteiger partial charge on any atom is 0.192 e. The van der Waals surface area contributed by atoms with Gasteiger partial charge in [0.2, 0.25) is 0 Å². The smallest absolute Gasteiger partial charge is 0.192 e. The van der Waals surface area contributed by atoms with E-state index in [-0.39, 0.29) is 197 Å². The predicted molar refractivity (Wildman–Crippen MR) is 505 cm³/mol. The van der Waals surface area contributed by atoms with E-state index >= 15 is 0 Å². The largest absolute Gasteiger partial charge is 0.414 e. The van der Waals surface area contributed by atoms with Crippen molar-refractivity contribution in [2.24, 2.45) is 35.5 Å². The molecule has 17 saturated heterocycles. The van der Waals surface area contributed by atoms with Gasteiger partial charge in [0, 0.05) is 79.6 Å². The highest BCUT2D eigenvalue weighted by atomic mass is 79.9. The molecule has 712 valence electrons. The molecular formula is C98H159Br2ClO20S2Si2. The number of hydrogen-bond donors (Lipinski definition) is 1. The zero-order chi connectivity index (χ0) is 89.9. The third-order valence-corrected chi connectivity index (χ3v) is 45.3. The molecule has 38 atom stereocenters. The highest BCUT2D eigenvalue weighted by Crippen LogP contribution is 2.58. The molecule has 12 bridgehead atoms. The minimum Gasteiger partial charge on any atom is -0.414 e. The number of hydrogen-bond acceptors (Lipinski definition) is 22. The number of ether oxygens (including phenoxy) is 15. The van der Waals surface area contributed by atoms with Gasteiger partial charge in [-0.25, -0.2) is 0 Å². The lowest BCUT2D eigenvalue weighted by Gasteiger charge is -2.47. The summed E-state index contributed by atoms with van der Waals surface area (Å²) in [6.07, 6.45) is 17.3. The zero-order valence-corrected chi connectivity index (χ0v) is 86.5. The number of alkyl halides is 3. The Kier molecular flexibility index (Phi) is 34.0. The van der Waals surface area contributed by atoms with Gasteiger partial charge in [0.25, 0.3) is 0 Å². The molecule has 0 amide bonds. The monoisotopic (exact) mass is 1970 g/mol. The molecule has 27 heteroatoms. The first-order chi connectivity index (χ1) is 59.2. The van der Waals surface area contributed by atoms with Gasteiger partial charge in [0.15, 0.2) is 38.4 Å². The van der Waals surface area contributed by atoms with Crippen LogP contribution in [0.3, 0.4) is 0 Å². The average molecular weight is 1970 g/mol. The summed E-state index contributed by atoms with van der Waals surface area (Å²) in [5.41, 5.74) is 4.25. The molecule has 0 aliphatic carbocycles. The number of halogens is 3. The molecule has 0 saturated carbocycles. The van der Waals surface area contributed by atoms with Crippen LogP contribution in [0, 0.1) is 35.5 Å². The van der Waals surface area contributed by atoms with Gasteiger partial charge in [-0.3, -0.25) is 9.59 Å². The fourth-order valence-electron chi connectivity index (χ4n) is 23.1. The van der Waals surface area contributed by atoms with Crippen molar-refractivity contribution in [3.63, 3.8) is 0 Å². The lowest BCUT2D eigenvalue weighted by molar-refractivity contribution is -0.292. The van der Waals surface area contributed by atoms with Crippen molar-refractivity contribution in [1.29, 1.82) is 0 Å². The molecule has 0 spiro atoms. The Morgan fingerprint density at radius 2 is 0.936 bits per heavy atom. The summed E-state index contributed by atoms with van der Waals surface area (Å²) in [5, 5.41) is 13.6. The minimum atomic E-state index is -1.90. The molecule has 0 aromatic rings. The maximum absolute atomic E-state index is 12.5. The Labute approximate surface area is 783 Å². The number of aliphatic hydroxyl groups excluding tert-OH is 1. The molecule has 17 heterocycles. The second-order valence-corrected chi connectivity index (χ2v) is 57.6. The van der Waals surface area contributed by atoms with Gasteiger partial charge < -0.3 is 85.0 Å². The van der Waals surface area contributed by atoms with Crippen molar-refractivity contribution in [3.8, 4) is 0 Å². The van der Waals surface area contributed by atoms with Crippen molar-refractivity contribution in [1.82, 2.24) is 0 Å². The summed E-state index contributed by atoms with van der Waals surface area (Å²) in [6.45, 7) is 58.9. The van der Waals surface area contributed by atoms with E-state index in [1.165, 1.54) is 34.7 Å². The predicted octanol–water partition coefficient (Wildman–Crippen LogP) is 20.7. The summed E-state index contributed by atoms with van der Waals surface area (Å²) < 4.78 is 115. The molecule has 17 aliphatic rings. The van der Waals surface area contributed by atoms with Gasteiger partial charge in [-0.05, 0) is 221 Å². The third kappa shape index (κ3) is 22.9. The van der Waals surface area contributed by atoms with E-state index in [2.05, 4.69) is 167 Å². The Balaban J connectivity index is 0.000000203. The number of rotatable bonds is 37. The average Bonchev–Trinajstić information content (AvgIpc) is 1.55. The van der Waals surface area contributed by atoms with E-state index < -0.39 is 34.3 Å². The molecular weight excluding hydrogens is 1810 g/mol. The van der Waals surface area contributed by atoms with Crippen molar-refractivity contribution < 1.29 is 94.6 Å². The highest BCUT2D eigenvalue weighted by molar-refractivity contribution is 9.09. The van der Waals surface area contributed by atoms with Crippen LogP contribution in [0.4, 0.5) is 0 Å². The first kappa shape index (κ1) is 101. The summed E-state index contributed by atoms with van der Waals surface area (Å²) in [7, 11) is -3.79. The quantitative estimate of drug-likeness (QED) is 0.0348. The lowest BCUT2D eigenvalue weighted by atomic mass is 9.82. The fraction of sp³-hybridized carbons (Fsp3) is 0.898. The Morgan fingerprint density at radius 3 is 1.38 bits per heavy atom. The van der Waals surface area contributed by atoms with Crippen molar-refractivity contribution >= 4 is 93.8 Å². The summed E-state index contributed by atoms with van der Waals surface area (Å²) >= 11 is 17.5. The second-order valence-electron chi connectivity index (χ2n) is 43.5. The number of carbonyl (C=O) groups is 2. The molecule has 20 nitrogen and oxygen atoms in total. The molecule has 17 rings (SSSR count). The van der Waals surface area contributed by atoms with Crippen LogP contribution >= 0.6 is 67.0 Å². The SMILES string of the molecule is C=C(C[C@H](Cl)CC[C@@]12C[C@H]3OC4[C@@H](O[C@H]5CC[C@H](CC(=O)SCC)O[C@@H]5[C@@H]4O1)C3O2)[C@@H](O)CCC1C[C@@H](C)C(=C)[C@@H](CC2O[C@H](C[C@@H](CC)O[Si](C)(C)C(C)(C)C)[C@H](C)[C@H]2CBr)O1.C=C1C[C@H](CC[C@@]23C[C@H]4OC5[C@@H](O[C@H]6CC[C@H](CC(=O)SCC)O[C@@H]6[C@@H]5O2)C4O3)OC1CCC1C[C@@H](C)C(=C)[C@@H](CC2O[C@H](C[C@@H](CC)O[Si](C)(C)C(C)(C)C)[C@H](C)[C@H]2CBr)O1. The number of carbonyl (C=O) groups excluding carboxylic acids is 2. The summed E-state index contributed by atoms with van der Waals surface area (Å²) in [4.78, 5) is 25.0. The topological polar surface area (TPSA) is 211 Å². The van der Waals surface area contributed by atoms with Crippen LogP contribution in [0.25, 0.3) is 0 Å². The second kappa shape index (κ2) is 42.1. The van der Waals surface area contributed by atoms with Crippen molar-refractivity contribution in [2.75, 3.05) is 22.2 Å². The molecule has 125 heavy (non-hydrogen) atoms. The minimum absolute atomic E-state index is 0.00977. The molecule has 17 aliphatic heterocycles. The van der Waals surface area contributed by atoms with Crippen LogP contribution in [0.2, 0.25) is 36.3 Å². The normalized spacial score (nSPS) is 42.9. The van der Waals surface area contributed by atoms with Gasteiger partial charge in [0.05, 0.1) is 104 Å². The fourth-order valence-corrected chi connectivity index (χ4v) is 29.5. The van der Waals surface area contributed by atoms with Crippen LogP contribution in [0.1, 0.15) is 264 Å². The molecule has 0 radical (unpaired) electrons. The first-order valence-corrected chi connectivity index (χ1v) is 59.4. The van der Waals surface area contributed by atoms with E-state index in [1.54, 1.807) is 0 Å². The molecule has 0 aromatic heterocycles. The van der Waals surface area contributed by atoms with Gasteiger partial charge in [-0.2, -0.15) is 0 Å². The van der Waals surface area contributed by atoms with E-state index in [0.29, 0.717) is 93.3 Å². The standard InChI is InChI=1S/C49H80BrClO10SSi.C49H79BrO10SSi/c1-12-32(61-63(10,11)48(7,8)9)22-38-30(6)35(26-50)40(56-38)24-39-29(5)27(3)21-33(54-39)14-16-36(52)28(4)20-31(51)18-19-49-25-41-44(59-49)45-46(58-41)47(60-49)43-37(57-45)17-15-34(55-43)23-42(53)62-13-2;1-12-31(60-62(10,11)48(7,8)9)22-38-30(6)35(26-50)40(55-38)24-39-29(5)27(3)20-32(53-39)14-16-36-28(4)21-34(52-36)18-19-49-25-41-44(58-49)45-46(57-41)47(59-49)43-37(56-45)17-15-33(54-43)23-42(51)61-13-2/h27,30-41,43-47,52H,4-5,12-26H2,1-3,6-11H3;27,30-41,43-47H,4-5,12-26H2,1-3,6-11H3/t27-,30-,31-,32-,33?,34-,35-,36+,37+,38-,39-,40?,41-,43+,44?,45+,46?,47+,49+;27-,30-,31-,32?,33-,34+,35-,36?,37+,38-,39-,40?,41-,43+,44?,45+,46?,47+,49+/m11/s1. The van der Waals surface area contributed by atoms with E-state index in [0.717, 1.165) is 142 Å². The van der Waals surface area contributed by atoms with E-state index in [9.17, 15) is 14.7 Å². The third-order valence-electron chi connectivity index (χ3n) is 32.8.